The summed E-state index contributed by atoms with van der Waals surface area (Å²) in [6.07, 6.45) is 0.929. The lowest BCUT2D eigenvalue weighted by Crippen LogP contribution is -2.16. The Morgan fingerprint density at radius 1 is 1.25 bits per heavy atom. The average Bonchev–Trinajstić information content (AvgIpc) is 2.45. The fourth-order valence-corrected chi connectivity index (χ4v) is 2.82. The van der Waals surface area contributed by atoms with Crippen LogP contribution in [-0.2, 0) is 4.74 Å². The standard InChI is InChI=1S/C16H13BrClNO/c1-2-15-13-7-6-11(17)9-14(13)19-16(20-15)10-4-3-5-12(18)8-10/h3-9,15H,2H2,1H3. The van der Waals surface area contributed by atoms with E-state index in [0.29, 0.717) is 10.9 Å². The van der Waals surface area contributed by atoms with Gasteiger partial charge in [0.25, 0.3) is 0 Å². The second kappa shape index (κ2) is 5.58. The van der Waals surface area contributed by atoms with Gasteiger partial charge in [-0.15, -0.1) is 0 Å². The monoisotopic (exact) mass is 349 g/mol. The van der Waals surface area contributed by atoms with Crippen LogP contribution in [0.25, 0.3) is 0 Å². The van der Waals surface area contributed by atoms with Gasteiger partial charge >= 0.3 is 0 Å². The molecule has 20 heavy (non-hydrogen) atoms. The molecule has 0 amide bonds. The van der Waals surface area contributed by atoms with Crippen molar-refractivity contribution in [3.05, 3.63) is 63.1 Å². The highest BCUT2D eigenvalue weighted by Gasteiger charge is 2.23. The Morgan fingerprint density at radius 2 is 2.10 bits per heavy atom. The highest BCUT2D eigenvalue weighted by Crippen LogP contribution is 2.37. The number of ether oxygens (including phenoxy) is 1. The van der Waals surface area contributed by atoms with Crippen LogP contribution < -0.4 is 0 Å². The molecule has 1 heterocycles. The number of rotatable bonds is 2. The van der Waals surface area contributed by atoms with E-state index in [2.05, 4.69) is 33.9 Å². The van der Waals surface area contributed by atoms with Crippen molar-refractivity contribution in [1.29, 1.82) is 0 Å². The second-order valence-corrected chi connectivity index (χ2v) is 6.00. The maximum absolute atomic E-state index is 6.04. The van der Waals surface area contributed by atoms with Crippen molar-refractivity contribution in [2.24, 2.45) is 4.99 Å². The number of nitrogens with zero attached hydrogens (tertiary/aromatic N) is 1. The summed E-state index contributed by atoms with van der Waals surface area (Å²) in [7, 11) is 0. The molecular weight excluding hydrogens is 338 g/mol. The van der Waals surface area contributed by atoms with Gasteiger partial charge in [0.2, 0.25) is 5.90 Å². The summed E-state index contributed by atoms with van der Waals surface area (Å²) in [4.78, 5) is 4.62. The Balaban J connectivity index is 2.10. The summed E-state index contributed by atoms with van der Waals surface area (Å²) in [5.74, 6) is 0.630. The number of aliphatic imine (C=N–C) groups is 1. The first kappa shape index (κ1) is 13.7. The fourth-order valence-electron chi connectivity index (χ4n) is 2.28. The molecule has 0 aromatic heterocycles. The first-order valence-electron chi connectivity index (χ1n) is 6.48. The Morgan fingerprint density at radius 3 is 2.85 bits per heavy atom. The lowest BCUT2D eigenvalue weighted by Gasteiger charge is -2.25. The third-order valence-corrected chi connectivity index (χ3v) is 3.99. The van der Waals surface area contributed by atoms with Crippen molar-refractivity contribution in [2.45, 2.75) is 19.4 Å². The Bertz CT molecular complexity index is 684. The molecule has 0 aliphatic carbocycles. The molecular formula is C16H13BrClNO. The van der Waals surface area contributed by atoms with E-state index in [9.17, 15) is 0 Å². The van der Waals surface area contributed by atoms with Crippen LogP contribution >= 0.6 is 27.5 Å². The molecule has 3 rings (SSSR count). The Hall–Kier alpha value is -1.32. The van der Waals surface area contributed by atoms with Crippen molar-refractivity contribution in [3.63, 3.8) is 0 Å². The fraction of sp³-hybridized carbons (Fsp3) is 0.188. The molecule has 0 N–H and O–H groups in total. The number of halogens is 2. The molecule has 1 aliphatic heterocycles. The topological polar surface area (TPSA) is 21.6 Å². The van der Waals surface area contributed by atoms with Gasteiger partial charge in [0.15, 0.2) is 0 Å². The largest absolute Gasteiger partial charge is 0.469 e. The van der Waals surface area contributed by atoms with E-state index in [1.54, 1.807) is 0 Å². The molecule has 102 valence electrons. The van der Waals surface area contributed by atoms with Crippen molar-refractivity contribution in [2.75, 3.05) is 0 Å². The second-order valence-electron chi connectivity index (χ2n) is 4.65. The first-order chi connectivity index (χ1) is 9.67. The number of benzene rings is 2. The normalized spacial score (nSPS) is 17.1. The predicted octanol–water partition coefficient (Wildman–Crippen LogP) is 5.66. The first-order valence-corrected chi connectivity index (χ1v) is 7.65. The maximum Gasteiger partial charge on any atom is 0.221 e. The molecule has 4 heteroatoms. The molecule has 1 aliphatic rings. The van der Waals surface area contributed by atoms with Gasteiger partial charge in [-0.3, -0.25) is 0 Å². The van der Waals surface area contributed by atoms with Crippen LogP contribution in [0.3, 0.4) is 0 Å². The molecule has 0 bridgehead atoms. The minimum absolute atomic E-state index is 0.0320. The van der Waals surface area contributed by atoms with Gasteiger partial charge in [0.05, 0.1) is 5.69 Å². The van der Waals surface area contributed by atoms with E-state index in [1.807, 2.05) is 36.4 Å². The Labute approximate surface area is 131 Å². The van der Waals surface area contributed by atoms with Crippen LogP contribution in [0.15, 0.2) is 51.9 Å². The van der Waals surface area contributed by atoms with E-state index >= 15 is 0 Å². The molecule has 0 spiro atoms. The van der Waals surface area contributed by atoms with Crippen LogP contribution in [0.1, 0.15) is 30.6 Å². The third kappa shape index (κ3) is 2.60. The number of fused-ring (bicyclic) bond motifs is 1. The van der Waals surface area contributed by atoms with Gasteiger partial charge < -0.3 is 4.74 Å². The molecule has 1 unspecified atom stereocenters. The zero-order valence-electron chi connectivity index (χ0n) is 10.9. The molecule has 0 saturated carbocycles. The average molecular weight is 351 g/mol. The van der Waals surface area contributed by atoms with Crippen LogP contribution in [0.4, 0.5) is 5.69 Å². The summed E-state index contributed by atoms with van der Waals surface area (Å²) < 4.78 is 7.03. The summed E-state index contributed by atoms with van der Waals surface area (Å²) in [5, 5.41) is 0.682. The molecule has 1 atom stereocenters. The van der Waals surface area contributed by atoms with Crippen molar-refractivity contribution in [3.8, 4) is 0 Å². The van der Waals surface area contributed by atoms with Gasteiger partial charge in [0.1, 0.15) is 6.10 Å². The summed E-state index contributed by atoms with van der Waals surface area (Å²) >= 11 is 9.53. The molecule has 2 aromatic carbocycles. The highest BCUT2D eigenvalue weighted by molar-refractivity contribution is 9.10. The van der Waals surface area contributed by atoms with Crippen molar-refractivity contribution < 1.29 is 4.74 Å². The van der Waals surface area contributed by atoms with E-state index < -0.39 is 0 Å². The number of hydrogen-bond acceptors (Lipinski definition) is 2. The SMILES string of the molecule is CCC1OC(c2cccc(Cl)c2)=Nc2cc(Br)ccc21. The molecule has 0 saturated heterocycles. The summed E-state index contributed by atoms with van der Waals surface area (Å²) in [5.41, 5.74) is 2.98. The van der Waals surface area contributed by atoms with E-state index in [0.717, 1.165) is 27.7 Å². The van der Waals surface area contributed by atoms with E-state index in [-0.39, 0.29) is 6.10 Å². The zero-order chi connectivity index (χ0) is 14.1. The highest BCUT2D eigenvalue weighted by atomic mass is 79.9. The van der Waals surface area contributed by atoms with Gasteiger partial charge in [-0.2, -0.15) is 0 Å². The number of hydrogen-bond donors (Lipinski definition) is 0. The predicted molar refractivity (Wildman–Crippen MR) is 85.9 cm³/mol. The van der Waals surface area contributed by atoms with Gasteiger partial charge in [-0.25, -0.2) is 4.99 Å². The molecule has 0 fully saturated rings. The smallest absolute Gasteiger partial charge is 0.221 e. The van der Waals surface area contributed by atoms with E-state index in [1.165, 1.54) is 0 Å². The van der Waals surface area contributed by atoms with Crippen LogP contribution in [0.5, 0.6) is 0 Å². The quantitative estimate of drug-likeness (QED) is 0.684. The van der Waals surface area contributed by atoms with Crippen molar-refractivity contribution >= 4 is 39.1 Å². The maximum atomic E-state index is 6.04. The minimum atomic E-state index is 0.0320. The summed E-state index contributed by atoms with van der Waals surface area (Å²) in [6, 6.07) is 13.7. The Kier molecular flexibility index (Phi) is 3.81. The van der Waals surface area contributed by atoms with Crippen molar-refractivity contribution in [1.82, 2.24) is 0 Å². The van der Waals surface area contributed by atoms with Crippen LogP contribution in [-0.4, -0.2) is 5.90 Å². The zero-order valence-corrected chi connectivity index (χ0v) is 13.3. The molecule has 2 aromatic rings. The summed E-state index contributed by atoms with van der Waals surface area (Å²) in [6.45, 7) is 2.11. The van der Waals surface area contributed by atoms with Gasteiger partial charge in [0, 0.05) is 20.6 Å². The third-order valence-electron chi connectivity index (χ3n) is 3.26. The lowest BCUT2D eigenvalue weighted by molar-refractivity contribution is 0.184. The van der Waals surface area contributed by atoms with E-state index in [4.69, 9.17) is 16.3 Å². The minimum Gasteiger partial charge on any atom is -0.469 e. The van der Waals surface area contributed by atoms with Crippen LogP contribution in [0.2, 0.25) is 5.02 Å². The molecule has 2 nitrogen and oxygen atoms in total. The van der Waals surface area contributed by atoms with Crippen LogP contribution in [0, 0.1) is 0 Å². The van der Waals surface area contributed by atoms with Gasteiger partial charge in [-0.05, 0) is 36.8 Å². The van der Waals surface area contributed by atoms with Gasteiger partial charge in [-0.1, -0.05) is 46.6 Å². The lowest BCUT2D eigenvalue weighted by atomic mass is 10.0. The molecule has 0 radical (unpaired) electrons.